The number of nitrogens with one attached hydrogen (secondary N) is 1. The Balaban J connectivity index is 1.42. The maximum absolute atomic E-state index is 5.01. The molecular formula is C29H41N5. The molecule has 0 spiro atoms. The molecule has 3 aromatic rings. The Labute approximate surface area is 205 Å². The molecule has 0 bridgehead atoms. The van der Waals surface area contributed by atoms with Crippen LogP contribution >= 0.6 is 0 Å². The molecule has 34 heavy (non-hydrogen) atoms. The number of hydrogen-bond donors (Lipinski definition) is 1. The fourth-order valence-electron chi connectivity index (χ4n) is 5.70. The Morgan fingerprint density at radius 1 is 0.941 bits per heavy atom. The molecule has 1 aromatic carbocycles. The zero-order chi connectivity index (χ0) is 23.2. The lowest BCUT2D eigenvalue weighted by Gasteiger charge is -2.23. The van der Waals surface area contributed by atoms with Crippen molar-refractivity contribution in [1.29, 1.82) is 0 Å². The van der Waals surface area contributed by atoms with Gasteiger partial charge in [-0.2, -0.15) is 4.98 Å². The van der Waals surface area contributed by atoms with Crippen LogP contribution < -0.4 is 5.32 Å². The number of hydrogen-bond acceptors (Lipinski definition) is 4. The summed E-state index contributed by atoms with van der Waals surface area (Å²) in [7, 11) is 0. The first kappa shape index (κ1) is 23.3. The number of unbranched alkanes of at least 4 members (excludes halogenated alkanes) is 1. The maximum atomic E-state index is 5.01. The van der Waals surface area contributed by atoms with E-state index in [1.165, 1.54) is 99.4 Å². The molecule has 2 aromatic heterocycles. The highest BCUT2D eigenvalue weighted by Gasteiger charge is 2.21. The van der Waals surface area contributed by atoms with Crippen LogP contribution in [0.5, 0.6) is 0 Å². The Kier molecular flexibility index (Phi) is 7.79. The molecule has 2 fully saturated rings. The standard InChI is InChI=1S/C29H41N5/c1-2-3-17-30-29-31-20-26-27(22-34(28(26)32-29)25-11-7-6-8-12-25)24-15-13-23(14-16-24)21-33-18-9-4-5-10-19-33/h13-16,20,22,25H,2-12,17-19,21H2,1H3,(H,30,31,32). The van der Waals surface area contributed by atoms with Crippen molar-refractivity contribution in [2.75, 3.05) is 25.0 Å². The SMILES string of the molecule is CCCCNc1ncc2c(-c3ccc(CN4CCCCCC4)cc3)cn(C3CCCCC3)c2n1. The number of anilines is 1. The summed E-state index contributed by atoms with van der Waals surface area (Å²) in [6.07, 6.45) is 18.7. The third-order valence-corrected chi connectivity index (χ3v) is 7.72. The van der Waals surface area contributed by atoms with E-state index in [-0.39, 0.29) is 0 Å². The lowest BCUT2D eigenvalue weighted by molar-refractivity contribution is 0.277. The van der Waals surface area contributed by atoms with Crippen molar-refractivity contribution in [1.82, 2.24) is 19.4 Å². The monoisotopic (exact) mass is 459 g/mol. The molecule has 3 heterocycles. The quantitative estimate of drug-likeness (QED) is 0.362. The van der Waals surface area contributed by atoms with Crippen LogP contribution in [0.2, 0.25) is 0 Å². The lowest BCUT2D eigenvalue weighted by atomic mass is 9.95. The number of nitrogens with zero attached hydrogens (tertiary/aromatic N) is 4. The van der Waals surface area contributed by atoms with Gasteiger partial charge in [0.1, 0.15) is 5.65 Å². The van der Waals surface area contributed by atoms with E-state index in [1.54, 1.807) is 0 Å². The fraction of sp³-hybridized carbons (Fsp3) is 0.586. The Morgan fingerprint density at radius 2 is 1.68 bits per heavy atom. The average Bonchev–Trinajstić information content (AvgIpc) is 3.06. The Bertz CT molecular complexity index is 1040. The van der Waals surface area contributed by atoms with Crippen molar-refractivity contribution >= 4 is 17.0 Å². The average molecular weight is 460 g/mol. The van der Waals surface area contributed by atoms with Gasteiger partial charge in [0.05, 0.1) is 0 Å². The topological polar surface area (TPSA) is 46.0 Å². The van der Waals surface area contributed by atoms with E-state index in [2.05, 4.69) is 57.2 Å². The van der Waals surface area contributed by atoms with E-state index in [0.717, 1.165) is 31.1 Å². The Hall–Kier alpha value is -2.40. The van der Waals surface area contributed by atoms with Gasteiger partial charge in [0.2, 0.25) is 5.95 Å². The second kappa shape index (κ2) is 11.4. The third kappa shape index (κ3) is 5.46. The first-order valence-corrected chi connectivity index (χ1v) is 13.7. The molecule has 1 N–H and O–H groups in total. The zero-order valence-corrected chi connectivity index (χ0v) is 20.9. The predicted octanol–water partition coefficient (Wildman–Crippen LogP) is 7.19. The number of benzene rings is 1. The highest BCUT2D eigenvalue weighted by atomic mass is 15.2. The number of rotatable bonds is 8. The van der Waals surface area contributed by atoms with E-state index in [1.807, 2.05) is 6.20 Å². The molecule has 0 radical (unpaired) electrons. The van der Waals surface area contributed by atoms with E-state index < -0.39 is 0 Å². The summed E-state index contributed by atoms with van der Waals surface area (Å²) in [6, 6.07) is 9.81. The molecule has 0 atom stereocenters. The summed E-state index contributed by atoms with van der Waals surface area (Å²) in [6.45, 7) is 6.69. The molecule has 182 valence electrons. The van der Waals surface area contributed by atoms with Crippen LogP contribution in [0.15, 0.2) is 36.7 Å². The van der Waals surface area contributed by atoms with Crippen molar-refractivity contribution in [2.45, 2.75) is 90.1 Å². The summed E-state index contributed by atoms with van der Waals surface area (Å²) in [5.74, 6) is 0.760. The second-order valence-corrected chi connectivity index (χ2v) is 10.3. The smallest absolute Gasteiger partial charge is 0.224 e. The zero-order valence-electron chi connectivity index (χ0n) is 20.9. The van der Waals surface area contributed by atoms with Gasteiger partial charge in [-0.15, -0.1) is 0 Å². The molecule has 1 aliphatic carbocycles. The molecule has 1 aliphatic heterocycles. The van der Waals surface area contributed by atoms with Crippen LogP contribution in [0, 0.1) is 0 Å². The van der Waals surface area contributed by atoms with Gasteiger partial charge >= 0.3 is 0 Å². The molecule has 5 heteroatoms. The number of aromatic nitrogens is 3. The summed E-state index contributed by atoms with van der Waals surface area (Å²) >= 11 is 0. The molecule has 5 rings (SSSR count). The van der Waals surface area contributed by atoms with E-state index in [4.69, 9.17) is 4.98 Å². The molecular weight excluding hydrogens is 418 g/mol. The highest BCUT2D eigenvalue weighted by molar-refractivity contribution is 5.94. The van der Waals surface area contributed by atoms with Crippen LogP contribution in [0.3, 0.4) is 0 Å². The number of likely N-dealkylation sites (tertiary alicyclic amines) is 1. The second-order valence-electron chi connectivity index (χ2n) is 10.3. The minimum absolute atomic E-state index is 0.547. The summed E-state index contributed by atoms with van der Waals surface area (Å²) < 4.78 is 2.46. The predicted molar refractivity (Wildman–Crippen MR) is 142 cm³/mol. The summed E-state index contributed by atoms with van der Waals surface area (Å²) in [5, 5.41) is 4.60. The van der Waals surface area contributed by atoms with Gasteiger partial charge in [-0.25, -0.2) is 4.98 Å². The molecule has 1 saturated heterocycles. The summed E-state index contributed by atoms with van der Waals surface area (Å²) in [5.41, 5.74) is 5.04. The number of fused-ring (bicyclic) bond motifs is 1. The van der Waals surface area contributed by atoms with Crippen molar-refractivity contribution < 1.29 is 0 Å². The van der Waals surface area contributed by atoms with E-state index in [9.17, 15) is 0 Å². The molecule has 2 aliphatic rings. The van der Waals surface area contributed by atoms with Crippen molar-refractivity contribution in [3.63, 3.8) is 0 Å². The first-order valence-electron chi connectivity index (χ1n) is 13.7. The van der Waals surface area contributed by atoms with E-state index in [0.29, 0.717) is 6.04 Å². The van der Waals surface area contributed by atoms with Gasteiger partial charge in [0, 0.05) is 42.5 Å². The fourth-order valence-corrected chi connectivity index (χ4v) is 5.70. The molecule has 5 nitrogen and oxygen atoms in total. The van der Waals surface area contributed by atoms with Gasteiger partial charge in [0.25, 0.3) is 0 Å². The minimum atomic E-state index is 0.547. The van der Waals surface area contributed by atoms with Crippen molar-refractivity contribution in [3.8, 4) is 11.1 Å². The van der Waals surface area contributed by atoms with Gasteiger partial charge in [-0.05, 0) is 56.3 Å². The van der Waals surface area contributed by atoms with E-state index >= 15 is 0 Å². The summed E-state index contributed by atoms with van der Waals surface area (Å²) in [4.78, 5) is 12.3. The minimum Gasteiger partial charge on any atom is -0.354 e. The van der Waals surface area contributed by atoms with Gasteiger partial charge < -0.3 is 9.88 Å². The van der Waals surface area contributed by atoms with Crippen molar-refractivity contribution in [2.24, 2.45) is 0 Å². The third-order valence-electron chi connectivity index (χ3n) is 7.72. The Morgan fingerprint density at radius 3 is 2.41 bits per heavy atom. The van der Waals surface area contributed by atoms with Crippen LogP contribution in [0.25, 0.3) is 22.2 Å². The molecule has 0 unspecified atom stereocenters. The molecule has 1 saturated carbocycles. The highest BCUT2D eigenvalue weighted by Crippen LogP contribution is 2.36. The van der Waals surface area contributed by atoms with Crippen molar-refractivity contribution in [3.05, 3.63) is 42.2 Å². The van der Waals surface area contributed by atoms with Gasteiger partial charge in [-0.3, -0.25) is 4.90 Å². The van der Waals surface area contributed by atoms with Crippen LogP contribution in [0.4, 0.5) is 5.95 Å². The first-order chi connectivity index (χ1) is 16.8. The normalized spacial score (nSPS) is 18.3. The largest absolute Gasteiger partial charge is 0.354 e. The van der Waals surface area contributed by atoms with Gasteiger partial charge in [-0.1, -0.05) is 69.7 Å². The lowest BCUT2D eigenvalue weighted by Crippen LogP contribution is -2.23. The van der Waals surface area contributed by atoms with Crippen LogP contribution in [-0.2, 0) is 6.54 Å². The van der Waals surface area contributed by atoms with Crippen LogP contribution in [-0.4, -0.2) is 39.1 Å². The molecule has 0 amide bonds. The van der Waals surface area contributed by atoms with Crippen LogP contribution in [0.1, 0.15) is 89.2 Å². The van der Waals surface area contributed by atoms with Gasteiger partial charge in [0.15, 0.2) is 0 Å². The maximum Gasteiger partial charge on any atom is 0.224 e.